The quantitative estimate of drug-likeness (QED) is 0.506. The monoisotopic (exact) mass is 494 g/mol. The van der Waals surface area contributed by atoms with Gasteiger partial charge in [-0.2, -0.15) is 0 Å². The van der Waals surface area contributed by atoms with Crippen LogP contribution in [0.2, 0.25) is 0 Å². The number of rotatable bonds is 6. The molecule has 11 heteroatoms. The number of aromatic nitrogens is 1. The Labute approximate surface area is 193 Å². The number of benzene rings is 2. The molecule has 0 spiro atoms. The van der Waals surface area contributed by atoms with Crippen molar-refractivity contribution in [3.63, 3.8) is 0 Å². The van der Waals surface area contributed by atoms with Gasteiger partial charge in [-0.15, -0.1) is 11.3 Å². The van der Waals surface area contributed by atoms with E-state index in [0.29, 0.717) is 21.1 Å². The van der Waals surface area contributed by atoms with Gasteiger partial charge in [0.1, 0.15) is 5.01 Å². The first kappa shape index (κ1) is 24.2. The minimum atomic E-state index is -3.97. The summed E-state index contributed by atoms with van der Waals surface area (Å²) >= 11 is 1.34. The Hall–Kier alpha value is -2.47. The second-order valence-electron chi connectivity index (χ2n) is 8.42. The average molecular weight is 495 g/mol. The molecule has 0 bridgehead atoms. The fourth-order valence-corrected chi connectivity index (χ4v) is 6.12. The van der Waals surface area contributed by atoms with Crippen LogP contribution in [0.15, 0.2) is 53.6 Å². The van der Waals surface area contributed by atoms with E-state index in [0.717, 1.165) is 16.1 Å². The number of nitrogen functional groups attached to an aromatic ring is 1. The van der Waals surface area contributed by atoms with Crippen LogP contribution in [0.5, 0.6) is 0 Å². The molecule has 0 radical (unpaired) electrons. The predicted molar refractivity (Wildman–Crippen MR) is 131 cm³/mol. The highest BCUT2D eigenvalue weighted by Gasteiger charge is 2.27. The van der Waals surface area contributed by atoms with E-state index in [-0.39, 0.29) is 10.6 Å². The van der Waals surface area contributed by atoms with Crippen LogP contribution in [-0.2, 0) is 20.0 Å². The fourth-order valence-electron chi connectivity index (χ4n) is 2.94. The lowest BCUT2D eigenvalue weighted by molar-refractivity contribution is 0.491. The van der Waals surface area contributed by atoms with Gasteiger partial charge in [0.15, 0.2) is 0 Å². The second kappa shape index (κ2) is 8.47. The molecule has 8 nitrogen and oxygen atoms in total. The van der Waals surface area contributed by atoms with Crippen molar-refractivity contribution < 1.29 is 16.8 Å². The van der Waals surface area contributed by atoms with Crippen LogP contribution in [-0.4, -0.2) is 40.7 Å². The third kappa shape index (κ3) is 5.47. The Bertz CT molecular complexity index is 1340. The molecule has 0 fully saturated rings. The molecule has 3 N–H and O–H groups in total. The summed E-state index contributed by atoms with van der Waals surface area (Å²) in [5, 5.41) is 0.712. The molecular weight excluding hydrogens is 468 g/mol. The van der Waals surface area contributed by atoms with Crippen molar-refractivity contribution in [3.05, 3.63) is 48.7 Å². The molecule has 0 amide bonds. The van der Waals surface area contributed by atoms with Gasteiger partial charge in [0, 0.05) is 35.6 Å². The predicted octanol–water partition coefficient (Wildman–Crippen LogP) is 3.53. The van der Waals surface area contributed by atoms with Gasteiger partial charge in [0.05, 0.1) is 21.7 Å². The van der Waals surface area contributed by atoms with E-state index < -0.39 is 25.6 Å². The number of nitrogens with two attached hydrogens (primary N) is 1. The number of thiazole rings is 1. The van der Waals surface area contributed by atoms with E-state index in [1.807, 2.05) is 12.1 Å². The standard InChI is InChI=1S/C21H26N4O4S3/c1-21(2,3)24-32(28,29)19-12-16(25(4)31(5,26)27)10-11-17(19)18-13-23-20(30-18)14-6-8-15(22)9-7-14/h6-13,24H,22H2,1-5H3. The Morgan fingerprint density at radius 1 is 1.03 bits per heavy atom. The molecule has 1 heterocycles. The van der Waals surface area contributed by atoms with Crippen LogP contribution in [0.1, 0.15) is 20.8 Å². The van der Waals surface area contributed by atoms with E-state index >= 15 is 0 Å². The van der Waals surface area contributed by atoms with Crippen molar-refractivity contribution in [2.45, 2.75) is 31.2 Å². The lowest BCUT2D eigenvalue weighted by Gasteiger charge is -2.23. The molecule has 172 valence electrons. The average Bonchev–Trinajstić information content (AvgIpc) is 3.15. The zero-order valence-corrected chi connectivity index (χ0v) is 20.9. The van der Waals surface area contributed by atoms with E-state index in [2.05, 4.69) is 9.71 Å². The third-order valence-corrected chi connectivity index (χ3v) is 8.57. The van der Waals surface area contributed by atoms with Crippen molar-refractivity contribution in [1.29, 1.82) is 0 Å². The van der Waals surface area contributed by atoms with Crippen LogP contribution >= 0.6 is 11.3 Å². The third-order valence-electron chi connectivity index (χ3n) is 4.49. The number of sulfonamides is 2. The minimum Gasteiger partial charge on any atom is -0.399 e. The first-order chi connectivity index (χ1) is 14.7. The lowest BCUT2D eigenvalue weighted by Crippen LogP contribution is -2.40. The minimum absolute atomic E-state index is 0.0204. The van der Waals surface area contributed by atoms with Crippen LogP contribution in [0, 0.1) is 0 Å². The molecular formula is C21H26N4O4S3. The highest BCUT2D eigenvalue weighted by molar-refractivity contribution is 7.92. The van der Waals surface area contributed by atoms with Gasteiger partial charge < -0.3 is 5.73 Å². The molecule has 32 heavy (non-hydrogen) atoms. The van der Waals surface area contributed by atoms with Gasteiger partial charge in [-0.3, -0.25) is 4.31 Å². The summed E-state index contributed by atoms with van der Waals surface area (Å²) < 4.78 is 54.2. The zero-order valence-electron chi connectivity index (χ0n) is 18.4. The molecule has 0 saturated carbocycles. The van der Waals surface area contributed by atoms with E-state index in [1.165, 1.54) is 24.5 Å². The molecule has 0 aliphatic carbocycles. The summed E-state index contributed by atoms with van der Waals surface area (Å²) in [7, 11) is -6.16. The Morgan fingerprint density at radius 3 is 2.22 bits per heavy atom. The number of nitrogens with zero attached hydrogens (tertiary/aromatic N) is 2. The summed E-state index contributed by atoms with van der Waals surface area (Å²) in [4.78, 5) is 5.06. The van der Waals surface area contributed by atoms with Gasteiger partial charge in [0.2, 0.25) is 20.0 Å². The first-order valence-corrected chi connectivity index (χ1v) is 13.8. The zero-order chi connectivity index (χ0) is 23.9. The van der Waals surface area contributed by atoms with Gasteiger partial charge in [-0.25, -0.2) is 26.5 Å². The van der Waals surface area contributed by atoms with Crippen molar-refractivity contribution in [1.82, 2.24) is 9.71 Å². The molecule has 0 aliphatic rings. The SMILES string of the molecule is CN(c1ccc(-c2cnc(-c3ccc(N)cc3)s2)c(S(=O)(=O)NC(C)(C)C)c1)S(C)(=O)=O. The molecule has 0 aliphatic heterocycles. The molecule has 0 unspecified atom stereocenters. The Kier molecular flexibility index (Phi) is 6.40. The Balaban J connectivity index is 2.16. The number of hydrogen-bond acceptors (Lipinski definition) is 7. The van der Waals surface area contributed by atoms with Crippen molar-refractivity contribution in [2.24, 2.45) is 0 Å². The van der Waals surface area contributed by atoms with Gasteiger partial charge in [-0.05, 0) is 57.2 Å². The van der Waals surface area contributed by atoms with Crippen LogP contribution in [0.4, 0.5) is 11.4 Å². The van der Waals surface area contributed by atoms with Crippen LogP contribution < -0.4 is 14.8 Å². The summed E-state index contributed by atoms with van der Waals surface area (Å²) in [5.41, 5.74) is 7.21. The van der Waals surface area contributed by atoms with Crippen LogP contribution in [0.3, 0.4) is 0 Å². The maximum Gasteiger partial charge on any atom is 0.241 e. The van der Waals surface area contributed by atoms with E-state index in [4.69, 9.17) is 5.73 Å². The van der Waals surface area contributed by atoms with Gasteiger partial charge in [-0.1, -0.05) is 6.07 Å². The van der Waals surface area contributed by atoms with Gasteiger partial charge >= 0.3 is 0 Å². The number of anilines is 2. The van der Waals surface area contributed by atoms with Crippen molar-refractivity contribution in [3.8, 4) is 21.0 Å². The molecule has 0 atom stereocenters. The highest BCUT2D eigenvalue weighted by Crippen LogP contribution is 2.37. The summed E-state index contributed by atoms with van der Waals surface area (Å²) in [6.07, 6.45) is 2.67. The molecule has 3 rings (SSSR count). The summed E-state index contributed by atoms with van der Waals surface area (Å²) in [6.45, 7) is 5.22. The van der Waals surface area contributed by atoms with E-state index in [1.54, 1.807) is 51.2 Å². The highest BCUT2D eigenvalue weighted by atomic mass is 32.2. The fraction of sp³-hybridized carbons (Fsp3) is 0.286. The maximum absolute atomic E-state index is 13.3. The first-order valence-electron chi connectivity index (χ1n) is 9.61. The summed E-state index contributed by atoms with van der Waals surface area (Å²) in [5.74, 6) is 0. The summed E-state index contributed by atoms with van der Waals surface area (Å²) in [6, 6.07) is 11.8. The van der Waals surface area contributed by atoms with E-state index in [9.17, 15) is 16.8 Å². The maximum atomic E-state index is 13.3. The normalized spacial score (nSPS) is 12.7. The lowest BCUT2D eigenvalue weighted by atomic mass is 10.1. The van der Waals surface area contributed by atoms with Crippen molar-refractivity contribution >= 4 is 42.8 Å². The number of hydrogen-bond donors (Lipinski definition) is 2. The molecule has 2 aromatic carbocycles. The van der Waals surface area contributed by atoms with Crippen molar-refractivity contribution in [2.75, 3.05) is 23.3 Å². The molecule has 1 aromatic heterocycles. The second-order valence-corrected chi connectivity index (χ2v) is 13.1. The topological polar surface area (TPSA) is 122 Å². The number of nitrogens with one attached hydrogen (secondary N) is 1. The van der Waals surface area contributed by atoms with Gasteiger partial charge in [0.25, 0.3) is 0 Å². The van der Waals surface area contributed by atoms with Crippen LogP contribution in [0.25, 0.3) is 21.0 Å². The molecule has 0 saturated heterocycles. The molecule has 3 aromatic rings. The largest absolute Gasteiger partial charge is 0.399 e. The Morgan fingerprint density at radius 2 is 1.66 bits per heavy atom. The smallest absolute Gasteiger partial charge is 0.241 e.